The Bertz CT molecular complexity index is 1010. The standard InChI is InChI=1S/C19H17N5O4/c25-8-18-16-9-27-17-5-12(2-4-15(17)24(16)19(26)28-18)13-1-3-14(21-6-13)7-23-11-20-10-22-23/h1-6,10-11,16,18,25H,7-9H2. The number of rotatable bonds is 4. The molecule has 0 aliphatic carbocycles. The average Bonchev–Trinajstić information content (AvgIpc) is 3.35. The van der Waals surface area contributed by atoms with Crippen LogP contribution in [0.5, 0.6) is 5.75 Å². The van der Waals surface area contributed by atoms with Crippen LogP contribution in [-0.4, -0.2) is 56.3 Å². The van der Waals surface area contributed by atoms with E-state index >= 15 is 0 Å². The summed E-state index contributed by atoms with van der Waals surface area (Å²) in [6.07, 6.45) is 3.91. The van der Waals surface area contributed by atoms with Gasteiger partial charge in [0.1, 0.15) is 31.1 Å². The molecule has 3 aromatic rings. The molecule has 0 spiro atoms. The minimum atomic E-state index is -0.568. The molecule has 1 saturated heterocycles. The van der Waals surface area contributed by atoms with Gasteiger partial charge in [-0.3, -0.25) is 9.88 Å². The second-order valence-corrected chi connectivity index (χ2v) is 6.67. The normalized spacial score (nSPS) is 20.3. The van der Waals surface area contributed by atoms with Gasteiger partial charge in [0.15, 0.2) is 6.10 Å². The van der Waals surface area contributed by atoms with Gasteiger partial charge in [-0.05, 0) is 23.8 Å². The number of aromatic nitrogens is 4. The van der Waals surface area contributed by atoms with Crippen LogP contribution in [0.4, 0.5) is 10.5 Å². The number of ether oxygens (including phenoxy) is 2. The van der Waals surface area contributed by atoms with Crippen molar-refractivity contribution in [3.8, 4) is 16.9 Å². The van der Waals surface area contributed by atoms with Crippen LogP contribution in [0.25, 0.3) is 11.1 Å². The molecule has 1 aromatic carbocycles. The third-order valence-corrected chi connectivity index (χ3v) is 4.97. The number of amides is 1. The summed E-state index contributed by atoms with van der Waals surface area (Å²) in [5.74, 6) is 0.607. The number of cyclic esters (lactones) is 1. The number of hydrogen-bond acceptors (Lipinski definition) is 7. The van der Waals surface area contributed by atoms with Crippen LogP contribution >= 0.6 is 0 Å². The van der Waals surface area contributed by atoms with Gasteiger partial charge in [-0.25, -0.2) is 14.5 Å². The van der Waals surface area contributed by atoms with E-state index in [2.05, 4.69) is 15.1 Å². The Labute approximate surface area is 160 Å². The van der Waals surface area contributed by atoms with Crippen molar-refractivity contribution in [1.82, 2.24) is 19.7 Å². The van der Waals surface area contributed by atoms with Crippen LogP contribution in [0, 0.1) is 0 Å². The molecule has 4 heterocycles. The molecule has 142 valence electrons. The molecule has 2 aromatic heterocycles. The minimum Gasteiger partial charge on any atom is -0.489 e. The first kappa shape index (κ1) is 16.7. The molecule has 2 unspecified atom stereocenters. The Morgan fingerprint density at radius 2 is 2.11 bits per heavy atom. The Balaban J connectivity index is 1.40. The SMILES string of the molecule is O=C1OC(CO)C2COc3cc(-c4ccc(Cn5cncn5)nc4)ccc3N12. The van der Waals surface area contributed by atoms with Crippen molar-refractivity contribution in [2.24, 2.45) is 0 Å². The third-order valence-electron chi connectivity index (χ3n) is 4.97. The molecule has 0 saturated carbocycles. The fourth-order valence-corrected chi connectivity index (χ4v) is 3.54. The molecule has 2 aliphatic rings. The summed E-state index contributed by atoms with van der Waals surface area (Å²) in [6, 6.07) is 9.25. The number of carbonyl (C=O) groups is 1. The highest BCUT2D eigenvalue weighted by molar-refractivity contribution is 5.94. The highest BCUT2D eigenvalue weighted by atomic mass is 16.6. The Hall–Kier alpha value is -3.46. The molecule has 9 heteroatoms. The fraction of sp³-hybridized carbons (Fsp3) is 0.263. The number of anilines is 1. The van der Waals surface area contributed by atoms with Gasteiger partial charge >= 0.3 is 6.09 Å². The first-order chi connectivity index (χ1) is 13.7. The number of carbonyl (C=O) groups excluding carboxylic acids is 1. The number of aliphatic hydroxyl groups excluding tert-OH is 1. The average molecular weight is 379 g/mol. The van der Waals surface area contributed by atoms with Crippen molar-refractivity contribution < 1.29 is 19.4 Å². The zero-order valence-electron chi connectivity index (χ0n) is 14.8. The van der Waals surface area contributed by atoms with Crippen LogP contribution < -0.4 is 9.64 Å². The third kappa shape index (κ3) is 2.76. The molecule has 28 heavy (non-hydrogen) atoms. The van der Waals surface area contributed by atoms with Gasteiger partial charge in [0, 0.05) is 11.8 Å². The predicted octanol–water partition coefficient (Wildman–Crippen LogP) is 1.47. The van der Waals surface area contributed by atoms with Gasteiger partial charge in [0.05, 0.1) is 24.5 Å². The molecule has 5 rings (SSSR count). The minimum absolute atomic E-state index is 0.226. The van der Waals surface area contributed by atoms with Gasteiger partial charge in [-0.1, -0.05) is 12.1 Å². The molecule has 1 amide bonds. The summed E-state index contributed by atoms with van der Waals surface area (Å²) in [5.41, 5.74) is 3.40. The fourth-order valence-electron chi connectivity index (χ4n) is 3.54. The van der Waals surface area contributed by atoms with Crippen molar-refractivity contribution in [1.29, 1.82) is 0 Å². The van der Waals surface area contributed by atoms with Gasteiger partial charge in [-0.2, -0.15) is 5.10 Å². The van der Waals surface area contributed by atoms with Gasteiger partial charge in [-0.15, -0.1) is 0 Å². The van der Waals surface area contributed by atoms with E-state index in [0.717, 1.165) is 16.8 Å². The molecule has 1 fully saturated rings. The lowest BCUT2D eigenvalue weighted by molar-refractivity contribution is 0.0734. The number of aliphatic hydroxyl groups is 1. The topological polar surface area (TPSA) is 103 Å². The maximum atomic E-state index is 12.2. The van der Waals surface area contributed by atoms with E-state index in [9.17, 15) is 9.90 Å². The van der Waals surface area contributed by atoms with Gasteiger partial charge in [0.25, 0.3) is 0 Å². The summed E-state index contributed by atoms with van der Waals surface area (Å²) in [5, 5.41) is 13.5. The number of fused-ring (bicyclic) bond motifs is 3. The van der Waals surface area contributed by atoms with Crippen molar-refractivity contribution in [2.45, 2.75) is 18.7 Å². The monoisotopic (exact) mass is 379 g/mol. The van der Waals surface area contributed by atoms with Crippen molar-refractivity contribution in [2.75, 3.05) is 18.1 Å². The number of hydrogen-bond donors (Lipinski definition) is 1. The summed E-state index contributed by atoms with van der Waals surface area (Å²) in [7, 11) is 0. The van der Waals surface area contributed by atoms with Crippen LogP contribution in [-0.2, 0) is 11.3 Å². The number of benzene rings is 1. The smallest absolute Gasteiger partial charge is 0.415 e. The zero-order valence-corrected chi connectivity index (χ0v) is 14.8. The van der Waals surface area contributed by atoms with Crippen LogP contribution in [0.1, 0.15) is 5.69 Å². The van der Waals surface area contributed by atoms with E-state index in [1.54, 1.807) is 22.1 Å². The Morgan fingerprint density at radius 3 is 2.86 bits per heavy atom. The molecule has 0 radical (unpaired) electrons. The van der Waals surface area contributed by atoms with E-state index in [4.69, 9.17) is 9.47 Å². The van der Waals surface area contributed by atoms with E-state index in [-0.39, 0.29) is 19.3 Å². The lowest BCUT2D eigenvalue weighted by Gasteiger charge is -2.31. The predicted molar refractivity (Wildman–Crippen MR) is 97.9 cm³/mol. The second-order valence-electron chi connectivity index (χ2n) is 6.67. The highest BCUT2D eigenvalue weighted by Gasteiger charge is 2.46. The number of nitrogens with zero attached hydrogens (tertiary/aromatic N) is 5. The highest BCUT2D eigenvalue weighted by Crippen LogP contribution is 2.40. The lowest BCUT2D eigenvalue weighted by atomic mass is 10.0. The van der Waals surface area contributed by atoms with E-state index < -0.39 is 12.2 Å². The van der Waals surface area contributed by atoms with Gasteiger partial charge in [0.2, 0.25) is 0 Å². The molecule has 2 aliphatic heterocycles. The van der Waals surface area contributed by atoms with Crippen LogP contribution in [0.15, 0.2) is 49.2 Å². The van der Waals surface area contributed by atoms with Crippen LogP contribution in [0.3, 0.4) is 0 Å². The van der Waals surface area contributed by atoms with Crippen molar-refractivity contribution in [3.63, 3.8) is 0 Å². The zero-order chi connectivity index (χ0) is 19.1. The summed E-state index contributed by atoms with van der Waals surface area (Å²) >= 11 is 0. The molecule has 1 N–H and O–H groups in total. The molecule has 9 nitrogen and oxygen atoms in total. The van der Waals surface area contributed by atoms with Crippen molar-refractivity contribution in [3.05, 3.63) is 54.9 Å². The summed E-state index contributed by atoms with van der Waals surface area (Å²) < 4.78 is 12.8. The summed E-state index contributed by atoms with van der Waals surface area (Å²) in [4.78, 5) is 22.1. The summed E-state index contributed by atoms with van der Waals surface area (Å²) in [6.45, 7) is 0.608. The first-order valence-electron chi connectivity index (χ1n) is 8.88. The van der Waals surface area contributed by atoms with Gasteiger partial charge < -0.3 is 14.6 Å². The Morgan fingerprint density at radius 1 is 1.21 bits per heavy atom. The maximum absolute atomic E-state index is 12.2. The van der Waals surface area contributed by atoms with E-state index in [1.807, 2.05) is 30.3 Å². The molecule has 2 atom stereocenters. The molecular weight excluding hydrogens is 362 g/mol. The Kier molecular flexibility index (Phi) is 3.94. The molecular formula is C19H17N5O4. The quantitative estimate of drug-likeness (QED) is 0.732. The second kappa shape index (κ2) is 6.61. The largest absolute Gasteiger partial charge is 0.489 e. The van der Waals surface area contributed by atoms with E-state index in [0.29, 0.717) is 18.0 Å². The molecule has 0 bridgehead atoms. The van der Waals surface area contributed by atoms with Crippen molar-refractivity contribution >= 4 is 11.8 Å². The number of pyridine rings is 1. The van der Waals surface area contributed by atoms with E-state index in [1.165, 1.54) is 6.33 Å². The maximum Gasteiger partial charge on any atom is 0.415 e. The van der Waals surface area contributed by atoms with Crippen LogP contribution in [0.2, 0.25) is 0 Å². The first-order valence-corrected chi connectivity index (χ1v) is 8.88. The lowest BCUT2D eigenvalue weighted by Crippen LogP contribution is -2.45.